The third-order valence-corrected chi connectivity index (χ3v) is 6.91. The maximum absolute atomic E-state index is 13.7. The van der Waals surface area contributed by atoms with E-state index in [0.29, 0.717) is 39.6 Å². The third-order valence-electron chi connectivity index (χ3n) is 6.91. The molecule has 8 heteroatoms. The molecule has 8 nitrogen and oxygen atoms in total. The van der Waals surface area contributed by atoms with Gasteiger partial charge >= 0.3 is 0 Å². The highest BCUT2D eigenvalue weighted by Gasteiger charge is 2.59. The molecule has 2 atom stereocenters. The van der Waals surface area contributed by atoms with Crippen molar-refractivity contribution in [2.75, 3.05) is 72.9 Å². The van der Waals surface area contributed by atoms with Gasteiger partial charge in [-0.05, 0) is 24.6 Å². The molecule has 4 rings (SSSR count). The zero-order valence-electron chi connectivity index (χ0n) is 17.9. The van der Waals surface area contributed by atoms with Crippen molar-refractivity contribution in [2.45, 2.75) is 12.3 Å². The number of rotatable bonds is 6. The molecule has 164 valence electrons. The number of hydrogen-bond acceptors (Lipinski definition) is 5. The SMILES string of the molecule is COc1ccc([C@]2(C)C(=O)N(C[NH+]3CCOCC3)C(=O)[C@@H]2C[NH+]2CCOCC2)cc1. The summed E-state index contributed by atoms with van der Waals surface area (Å²) in [6.07, 6.45) is 0. The van der Waals surface area contributed by atoms with Gasteiger partial charge in [0.1, 0.15) is 37.8 Å². The summed E-state index contributed by atoms with van der Waals surface area (Å²) in [7, 11) is 1.62. The van der Waals surface area contributed by atoms with Crippen LogP contribution in [0.15, 0.2) is 24.3 Å². The van der Waals surface area contributed by atoms with Crippen molar-refractivity contribution in [3.8, 4) is 5.75 Å². The fourth-order valence-corrected chi connectivity index (χ4v) is 4.86. The van der Waals surface area contributed by atoms with Crippen LogP contribution < -0.4 is 14.5 Å². The van der Waals surface area contributed by atoms with Crippen molar-refractivity contribution >= 4 is 11.8 Å². The van der Waals surface area contributed by atoms with Crippen LogP contribution in [0.3, 0.4) is 0 Å². The average Bonchev–Trinajstić information content (AvgIpc) is 2.97. The van der Waals surface area contributed by atoms with Gasteiger partial charge in [-0.25, -0.2) is 4.90 Å². The number of nitrogens with one attached hydrogen (secondary N) is 2. The zero-order chi connectivity index (χ0) is 21.1. The lowest BCUT2D eigenvalue weighted by molar-refractivity contribution is -0.915. The molecular formula is C22H33N3O5+2. The number of nitrogens with zero attached hydrogens (tertiary/aromatic N) is 1. The van der Waals surface area contributed by atoms with Crippen LogP contribution in [0.25, 0.3) is 0 Å². The van der Waals surface area contributed by atoms with Crippen molar-refractivity contribution in [2.24, 2.45) is 5.92 Å². The second-order valence-corrected chi connectivity index (χ2v) is 8.64. The molecule has 30 heavy (non-hydrogen) atoms. The Labute approximate surface area is 177 Å². The van der Waals surface area contributed by atoms with Gasteiger partial charge in [-0.1, -0.05) is 12.1 Å². The predicted octanol–water partition coefficient (Wildman–Crippen LogP) is -2.27. The number of likely N-dealkylation sites (tertiary alicyclic amines) is 1. The molecule has 1 aromatic carbocycles. The van der Waals surface area contributed by atoms with Gasteiger partial charge in [-0.3, -0.25) is 9.59 Å². The van der Waals surface area contributed by atoms with E-state index in [1.165, 1.54) is 14.7 Å². The van der Waals surface area contributed by atoms with Gasteiger partial charge in [0.25, 0.3) is 0 Å². The zero-order valence-corrected chi connectivity index (χ0v) is 17.9. The van der Waals surface area contributed by atoms with Gasteiger partial charge in [-0.2, -0.15) is 0 Å². The Bertz CT molecular complexity index is 759. The molecule has 0 unspecified atom stereocenters. The molecule has 1 aromatic rings. The molecule has 0 aromatic heterocycles. The van der Waals surface area contributed by atoms with Crippen LogP contribution in [0.1, 0.15) is 12.5 Å². The summed E-state index contributed by atoms with van der Waals surface area (Å²) in [5.41, 5.74) is -0.000740. The summed E-state index contributed by atoms with van der Waals surface area (Å²) in [6.45, 7) is 9.10. The first kappa shape index (κ1) is 21.2. The third kappa shape index (κ3) is 3.97. The maximum atomic E-state index is 13.7. The lowest BCUT2D eigenvalue weighted by Gasteiger charge is -2.32. The lowest BCUT2D eigenvalue weighted by atomic mass is 9.73. The highest BCUT2D eigenvalue weighted by atomic mass is 16.5. The molecule has 3 heterocycles. The standard InChI is InChI=1S/C22H31N3O5/c1-22(17-3-5-18(28-2)6-4-17)19(15-23-7-11-29-12-8-23)20(26)25(21(22)27)16-24-9-13-30-14-10-24/h3-6,19H,7-16H2,1-2H3/p+2/t19-,22-/m0/s1. The minimum atomic E-state index is -0.875. The van der Waals surface area contributed by atoms with Gasteiger partial charge in [0.05, 0.1) is 45.5 Å². The van der Waals surface area contributed by atoms with Crippen molar-refractivity contribution < 1.29 is 33.6 Å². The second kappa shape index (κ2) is 9.01. The number of carbonyl (C=O) groups is 2. The number of quaternary nitrogens is 2. The second-order valence-electron chi connectivity index (χ2n) is 8.64. The molecule has 0 spiro atoms. The molecular weight excluding hydrogens is 386 g/mol. The molecule has 2 N–H and O–H groups in total. The van der Waals surface area contributed by atoms with Crippen molar-refractivity contribution in [1.29, 1.82) is 0 Å². The van der Waals surface area contributed by atoms with E-state index in [-0.39, 0.29) is 17.7 Å². The summed E-state index contributed by atoms with van der Waals surface area (Å²) < 4.78 is 16.2. The molecule has 0 saturated carbocycles. The van der Waals surface area contributed by atoms with Gasteiger partial charge < -0.3 is 24.0 Å². The van der Waals surface area contributed by atoms with E-state index in [1.54, 1.807) is 7.11 Å². The number of carbonyl (C=O) groups excluding carboxylic acids is 2. The topological polar surface area (TPSA) is 74.0 Å². The first-order valence-electron chi connectivity index (χ1n) is 10.9. The van der Waals surface area contributed by atoms with E-state index in [2.05, 4.69) is 0 Å². The largest absolute Gasteiger partial charge is 0.497 e. The molecule has 2 amide bonds. The quantitative estimate of drug-likeness (QED) is 0.509. The van der Waals surface area contributed by atoms with Crippen LogP contribution in [0.2, 0.25) is 0 Å². The highest BCUT2D eigenvalue weighted by Crippen LogP contribution is 2.40. The highest BCUT2D eigenvalue weighted by molar-refractivity contribution is 6.10. The van der Waals surface area contributed by atoms with E-state index in [1.807, 2.05) is 31.2 Å². The Morgan fingerprint density at radius 2 is 1.57 bits per heavy atom. The number of amides is 2. The van der Waals surface area contributed by atoms with E-state index < -0.39 is 5.41 Å². The van der Waals surface area contributed by atoms with Crippen LogP contribution in [0.5, 0.6) is 5.75 Å². The Kier molecular flexibility index (Phi) is 6.38. The smallest absolute Gasteiger partial charge is 0.245 e. The molecule has 0 bridgehead atoms. The Morgan fingerprint density at radius 3 is 2.13 bits per heavy atom. The number of benzene rings is 1. The number of morpholine rings is 2. The summed E-state index contributed by atoms with van der Waals surface area (Å²) >= 11 is 0. The lowest BCUT2D eigenvalue weighted by Crippen LogP contribution is -3.15. The molecule has 3 aliphatic rings. The predicted molar refractivity (Wildman–Crippen MR) is 108 cm³/mol. The Balaban J connectivity index is 1.63. The van der Waals surface area contributed by atoms with Crippen molar-refractivity contribution in [1.82, 2.24) is 4.90 Å². The van der Waals surface area contributed by atoms with Gasteiger partial charge in [0, 0.05) is 0 Å². The minimum Gasteiger partial charge on any atom is -0.497 e. The molecule has 3 fully saturated rings. The van der Waals surface area contributed by atoms with Crippen molar-refractivity contribution in [3.05, 3.63) is 29.8 Å². The molecule has 0 aliphatic carbocycles. The van der Waals surface area contributed by atoms with E-state index in [9.17, 15) is 9.59 Å². The van der Waals surface area contributed by atoms with Gasteiger partial charge in [0.15, 0.2) is 6.67 Å². The van der Waals surface area contributed by atoms with Crippen LogP contribution in [0.4, 0.5) is 0 Å². The van der Waals surface area contributed by atoms with Gasteiger partial charge in [0.2, 0.25) is 11.8 Å². The van der Waals surface area contributed by atoms with Crippen LogP contribution in [-0.2, 0) is 24.5 Å². The summed E-state index contributed by atoms with van der Waals surface area (Å²) in [6, 6.07) is 7.59. The first-order valence-corrected chi connectivity index (χ1v) is 10.9. The van der Waals surface area contributed by atoms with Crippen molar-refractivity contribution in [3.63, 3.8) is 0 Å². The van der Waals surface area contributed by atoms with E-state index in [0.717, 1.165) is 37.5 Å². The Morgan fingerprint density at radius 1 is 1.00 bits per heavy atom. The van der Waals surface area contributed by atoms with E-state index >= 15 is 0 Å². The van der Waals surface area contributed by atoms with E-state index in [4.69, 9.17) is 14.2 Å². The molecule has 3 aliphatic heterocycles. The van der Waals surface area contributed by atoms with Crippen LogP contribution >= 0.6 is 0 Å². The Hall–Kier alpha value is -2.00. The number of hydrogen-bond donors (Lipinski definition) is 2. The monoisotopic (exact) mass is 419 g/mol. The first-order chi connectivity index (χ1) is 14.5. The molecule has 0 radical (unpaired) electrons. The van der Waals surface area contributed by atoms with Gasteiger partial charge in [-0.15, -0.1) is 0 Å². The number of ether oxygens (including phenoxy) is 3. The van der Waals surface area contributed by atoms with Crippen LogP contribution in [0, 0.1) is 5.92 Å². The minimum absolute atomic E-state index is 0.0451. The number of methoxy groups -OCH3 is 1. The fourth-order valence-electron chi connectivity index (χ4n) is 4.86. The normalized spacial score (nSPS) is 28.9. The summed E-state index contributed by atoms with van der Waals surface area (Å²) in [5, 5.41) is 0. The maximum Gasteiger partial charge on any atom is 0.245 e. The fraction of sp³-hybridized carbons (Fsp3) is 0.636. The number of imide groups is 1. The summed E-state index contributed by atoms with van der Waals surface area (Å²) in [5.74, 6) is 0.224. The molecule has 3 saturated heterocycles. The van der Waals surface area contributed by atoms with Crippen LogP contribution in [-0.4, -0.2) is 89.6 Å². The summed E-state index contributed by atoms with van der Waals surface area (Å²) in [4.78, 5) is 31.3. The average molecular weight is 420 g/mol.